The van der Waals surface area contributed by atoms with Crippen LogP contribution < -0.4 is 10.6 Å². The van der Waals surface area contributed by atoms with Crippen LogP contribution in [-0.2, 0) is 19.1 Å². The lowest BCUT2D eigenvalue weighted by molar-refractivity contribution is -0.134. The smallest absolute Gasteiger partial charge is 0.407 e. The van der Waals surface area contributed by atoms with E-state index in [1.807, 2.05) is 30.3 Å². The van der Waals surface area contributed by atoms with Crippen molar-refractivity contribution in [3.63, 3.8) is 0 Å². The summed E-state index contributed by atoms with van der Waals surface area (Å²) in [5, 5.41) is 16.2. The lowest BCUT2D eigenvalue weighted by atomic mass is 10.0. The van der Waals surface area contributed by atoms with E-state index in [0.717, 1.165) is 53.3 Å². The van der Waals surface area contributed by atoms with Crippen LogP contribution in [0, 0.1) is 0 Å². The van der Waals surface area contributed by atoms with Crippen molar-refractivity contribution in [2.24, 2.45) is 0 Å². The Morgan fingerprint density at radius 3 is 1.70 bits per heavy atom. The number of hydrogen-bond donors (Lipinski definition) is 4. The normalized spacial score (nSPS) is 18.0. The van der Waals surface area contributed by atoms with Crippen LogP contribution in [0.2, 0.25) is 0 Å². The lowest BCUT2D eigenvalue weighted by Gasteiger charge is -2.26. The fourth-order valence-corrected chi connectivity index (χ4v) is 7.21. The standard InChI is InChI=1S/C38H42N10O6/c1-21(41-37(51)53-3)35(49)47-15-5-7-31(47)33-39-19-29(43-33)26-12-10-23-17-25(11-9-24(23)18-26)27-13-14-28(46-45-27)30-20-40-34(44-30)32-8-6-16-48(32)36(50)22(2)42-38(52)54-4/h9-14,17-22,31-32H,5-8,15-16H2,1-4H3,(H,39,43)(H,40,44)(H,41,51)(H,42,52). The quantitative estimate of drug-likeness (QED) is 0.162. The minimum absolute atomic E-state index is 0.180. The second-order valence-electron chi connectivity index (χ2n) is 13.5. The molecule has 7 rings (SSSR count). The number of ether oxygens (including phenoxy) is 2. The molecule has 54 heavy (non-hydrogen) atoms. The molecule has 0 bridgehead atoms. The van der Waals surface area contributed by atoms with Gasteiger partial charge in [0, 0.05) is 24.2 Å². The number of methoxy groups -OCH3 is 2. The van der Waals surface area contributed by atoms with Crippen molar-refractivity contribution in [3.05, 3.63) is 72.6 Å². The van der Waals surface area contributed by atoms with Crippen molar-refractivity contribution >= 4 is 34.8 Å². The van der Waals surface area contributed by atoms with E-state index >= 15 is 0 Å². The summed E-state index contributed by atoms with van der Waals surface area (Å²) in [6.07, 6.45) is 5.38. The second-order valence-corrected chi connectivity index (χ2v) is 13.5. The topological polar surface area (TPSA) is 200 Å². The van der Waals surface area contributed by atoms with E-state index in [1.165, 1.54) is 14.2 Å². The number of alkyl carbamates (subject to hydrolysis) is 2. The zero-order valence-corrected chi connectivity index (χ0v) is 30.5. The summed E-state index contributed by atoms with van der Waals surface area (Å²) >= 11 is 0. The zero-order valence-electron chi connectivity index (χ0n) is 30.5. The predicted molar refractivity (Wildman–Crippen MR) is 198 cm³/mol. The maximum Gasteiger partial charge on any atom is 0.407 e. The number of rotatable bonds is 9. The average Bonchev–Trinajstić information content (AvgIpc) is 4.03. The molecule has 0 saturated carbocycles. The molecule has 3 aromatic heterocycles. The first kappa shape index (κ1) is 36.1. The monoisotopic (exact) mass is 734 g/mol. The van der Waals surface area contributed by atoms with Crippen LogP contribution in [0.25, 0.3) is 44.7 Å². The number of aromatic nitrogens is 6. The van der Waals surface area contributed by atoms with Crippen molar-refractivity contribution in [1.82, 2.24) is 50.6 Å². The van der Waals surface area contributed by atoms with Gasteiger partial charge in [-0.15, -0.1) is 10.2 Å². The van der Waals surface area contributed by atoms with Gasteiger partial charge in [-0.25, -0.2) is 19.6 Å². The number of nitrogens with zero attached hydrogens (tertiary/aromatic N) is 6. The van der Waals surface area contributed by atoms with Crippen LogP contribution in [0.3, 0.4) is 0 Å². The van der Waals surface area contributed by atoms with Crippen LogP contribution >= 0.6 is 0 Å². The largest absolute Gasteiger partial charge is 0.453 e. The first-order valence-corrected chi connectivity index (χ1v) is 17.9. The van der Waals surface area contributed by atoms with Gasteiger partial charge in [-0.1, -0.05) is 24.3 Å². The summed E-state index contributed by atoms with van der Waals surface area (Å²) in [7, 11) is 2.53. The molecule has 16 heteroatoms. The van der Waals surface area contributed by atoms with Crippen molar-refractivity contribution in [2.75, 3.05) is 27.3 Å². The summed E-state index contributed by atoms with van der Waals surface area (Å²) in [5.74, 6) is 0.986. The van der Waals surface area contributed by atoms with E-state index in [1.54, 1.807) is 36.0 Å². The number of hydrogen-bond acceptors (Lipinski definition) is 10. The van der Waals surface area contributed by atoms with Gasteiger partial charge in [0.25, 0.3) is 0 Å². The molecule has 4 N–H and O–H groups in total. The van der Waals surface area contributed by atoms with Crippen LogP contribution in [0.5, 0.6) is 0 Å². The SMILES string of the molecule is COC(=O)NC(C)C(=O)N1CCCC1c1ncc(-c2ccc3cc(-c4ccc(-c5cnc(C6CCCN6C(=O)C(C)NC(=O)OC)[nH]5)nn4)ccc3c2)[nH]1. The van der Waals surface area contributed by atoms with Gasteiger partial charge in [0.1, 0.15) is 29.4 Å². The summed E-state index contributed by atoms with van der Waals surface area (Å²) in [6.45, 7) is 4.44. The predicted octanol–water partition coefficient (Wildman–Crippen LogP) is 4.89. The van der Waals surface area contributed by atoms with Gasteiger partial charge in [-0.3, -0.25) is 9.59 Å². The molecular weight excluding hydrogens is 692 g/mol. The molecule has 2 aromatic carbocycles. The minimum Gasteiger partial charge on any atom is -0.453 e. The molecule has 4 amide bonds. The molecule has 2 fully saturated rings. The van der Waals surface area contributed by atoms with Crippen molar-refractivity contribution in [3.8, 4) is 33.9 Å². The average molecular weight is 735 g/mol. The Kier molecular flexibility index (Phi) is 10.2. The highest BCUT2D eigenvalue weighted by Crippen LogP contribution is 2.34. The number of carbonyl (C=O) groups excluding carboxylic acids is 4. The molecular formula is C38H42N10O6. The van der Waals surface area contributed by atoms with Crippen LogP contribution in [0.4, 0.5) is 9.59 Å². The summed E-state index contributed by atoms with van der Waals surface area (Å²) in [4.78, 5) is 68.9. The molecule has 2 aliphatic heterocycles. The number of benzene rings is 2. The maximum atomic E-state index is 13.1. The van der Waals surface area contributed by atoms with E-state index in [4.69, 9.17) is 0 Å². The van der Waals surface area contributed by atoms with E-state index in [-0.39, 0.29) is 23.9 Å². The molecule has 2 saturated heterocycles. The fraction of sp³-hybridized carbons (Fsp3) is 0.368. The molecule has 4 unspecified atom stereocenters. The third kappa shape index (κ3) is 7.31. The Labute approximate surface area is 311 Å². The first-order valence-electron chi connectivity index (χ1n) is 17.9. The highest BCUT2D eigenvalue weighted by molar-refractivity contribution is 5.90. The molecule has 5 aromatic rings. The number of likely N-dealkylation sites (tertiary alicyclic amines) is 2. The van der Waals surface area contributed by atoms with Gasteiger partial charge in [0.15, 0.2) is 0 Å². The van der Waals surface area contributed by atoms with Gasteiger partial charge in [0.2, 0.25) is 11.8 Å². The van der Waals surface area contributed by atoms with Gasteiger partial charge in [-0.05, 0) is 74.6 Å². The number of carbonyl (C=O) groups is 4. The van der Waals surface area contributed by atoms with Gasteiger partial charge >= 0.3 is 12.2 Å². The number of fused-ring (bicyclic) bond motifs is 1. The van der Waals surface area contributed by atoms with Crippen LogP contribution in [0.1, 0.15) is 63.3 Å². The first-order chi connectivity index (χ1) is 26.1. The van der Waals surface area contributed by atoms with Gasteiger partial charge in [0.05, 0.1) is 55.8 Å². The number of imidazole rings is 2. The third-order valence-electron chi connectivity index (χ3n) is 10.1. The number of nitrogens with one attached hydrogen (secondary N) is 4. The Balaban J connectivity index is 1.02. The highest BCUT2D eigenvalue weighted by atomic mass is 16.5. The lowest BCUT2D eigenvalue weighted by Crippen LogP contribution is -2.46. The van der Waals surface area contributed by atoms with Crippen LogP contribution in [0.15, 0.2) is 60.9 Å². The van der Waals surface area contributed by atoms with Crippen molar-refractivity contribution < 1.29 is 28.7 Å². The molecule has 280 valence electrons. The maximum absolute atomic E-state index is 13.1. The third-order valence-corrected chi connectivity index (χ3v) is 10.1. The molecule has 4 atom stereocenters. The highest BCUT2D eigenvalue weighted by Gasteiger charge is 2.36. The van der Waals surface area contributed by atoms with Crippen molar-refractivity contribution in [2.45, 2.75) is 63.7 Å². The summed E-state index contributed by atoms with van der Waals surface area (Å²) in [5.41, 5.74) is 4.75. The van der Waals surface area contributed by atoms with E-state index in [9.17, 15) is 19.2 Å². The Morgan fingerprint density at radius 2 is 1.17 bits per heavy atom. The molecule has 0 radical (unpaired) electrons. The van der Waals surface area contributed by atoms with Gasteiger partial charge < -0.3 is 39.9 Å². The number of aromatic amines is 2. The number of H-pyrrole nitrogens is 2. The minimum atomic E-state index is -0.727. The Hall–Kier alpha value is -6.32. The summed E-state index contributed by atoms with van der Waals surface area (Å²) in [6, 6.07) is 14.2. The summed E-state index contributed by atoms with van der Waals surface area (Å²) < 4.78 is 9.28. The molecule has 0 spiro atoms. The molecule has 16 nitrogen and oxygen atoms in total. The Morgan fingerprint density at radius 1 is 0.685 bits per heavy atom. The number of amides is 4. The van der Waals surface area contributed by atoms with E-state index in [2.05, 4.69) is 68.4 Å². The molecule has 5 heterocycles. The zero-order chi connectivity index (χ0) is 37.9. The molecule has 2 aliphatic rings. The fourth-order valence-electron chi connectivity index (χ4n) is 7.21. The van der Waals surface area contributed by atoms with E-state index < -0.39 is 24.3 Å². The van der Waals surface area contributed by atoms with Crippen molar-refractivity contribution in [1.29, 1.82) is 0 Å². The van der Waals surface area contributed by atoms with Crippen LogP contribution in [-0.4, -0.2) is 103 Å². The molecule has 0 aliphatic carbocycles. The van der Waals surface area contributed by atoms with Gasteiger partial charge in [-0.2, -0.15) is 0 Å². The van der Waals surface area contributed by atoms with E-state index in [0.29, 0.717) is 41.8 Å². The second kappa shape index (κ2) is 15.3. The Bertz CT molecular complexity index is 2180.